The maximum atomic E-state index is 9.96. The van der Waals surface area contributed by atoms with Crippen molar-refractivity contribution in [2.75, 3.05) is 5.75 Å². The highest BCUT2D eigenvalue weighted by Crippen LogP contribution is 2.21. The Bertz CT molecular complexity index is 465. The Morgan fingerprint density at radius 1 is 1.28 bits per heavy atom. The molecule has 1 nitrogen and oxygen atoms in total. The zero-order chi connectivity index (χ0) is 12.8. The quantitative estimate of drug-likeness (QED) is 0.801. The lowest BCUT2D eigenvalue weighted by Crippen LogP contribution is -2.10. The molecule has 0 fully saturated rings. The van der Waals surface area contributed by atoms with Crippen LogP contribution in [-0.2, 0) is 6.42 Å². The average Bonchev–Trinajstić information content (AvgIpc) is 2.87. The summed E-state index contributed by atoms with van der Waals surface area (Å²) in [5.41, 5.74) is 1.27. The van der Waals surface area contributed by atoms with Gasteiger partial charge in [-0.3, -0.25) is 0 Å². The van der Waals surface area contributed by atoms with Gasteiger partial charge in [-0.25, -0.2) is 0 Å². The monoisotopic (exact) mass is 278 g/mol. The highest BCUT2D eigenvalue weighted by molar-refractivity contribution is 7.99. The lowest BCUT2D eigenvalue weighted by atomic mass is 10.2. The summed E-state index contributed by atoms with van der Waals surface area (Å²) in [5.74, 6) is 0.773. The predicted octanol–water partition coefficient (Wildman–Crippen LogP) is 4.14. The zero-order valence-electron chi connectivity index (χ0n) is 10.5. The number of hydrogen-bond donors (Lipinski definition) is 1. The van der Waals surface area contributed by atoms with Crippen LogP contribution < -0.4 is 0 Å². The number of hydrogen-bond acceptors (Lipinski definition) is 3. The van der Waals surface area contributed by atoms with E-state index in [0.717, 1.165) is 18.6 Å². The molecule has 0 aliphatic rings. The predicted molar refractivity (Wildman–Crippen MR) is 80.5 cm³/mol. The molecule has 0 radical (unpaired) electrons. The van der Waals surface area contributed by atoms with Crippen LogP contribution in [0.3, 0.4) is 0 Å². The number of rotatable bonds is 6. The van der Waals surface area contributed by atoms with E-state index in [9.17, 15) is 5.11 Å². The van der Waals surface area contributed by atoms with Gasteiger partial charge in [0.15, 0.2) is 0 Å². The van der Waals surface area contributed by atoms with Crippen molar-refractivity contribution in [2.45, 2.75) is 30.8 Å². The number of thioether (sulfide) groups is 1. The largest absolute Gasteiger partial charge is 0.392 e. The van der Waals surface area contributed by atoms with Crippen LogP contribution in [-0.4, -0.2) is 17.0 Å². The molecule has 0 saturated carbocycles. The molecule has 0 aliphatic carbocycles. The Morgan fingerprint density at radius 2 is 2.17 bits per heavy atom. The second kappa shape index (κ2) is 6.98. The fourth-order valence-electron chi connectivity index (χ4n) is 1.74. The summed E-state index contributed by atoms with van der Waals surface area (Å²) < 4.78 is 0. The van der Waals surface area contributed by atoms with Crippen molar-refractivity contribution >= 4 is 23.1 Å². The van der Waals surface area contributed by atoms with E-state index in [2.05, 4.69) is 48.7 Å². The minimum atomic E-state index is -0.224. The number of aliphatic hydroxyl groups excluding tert-OH is 1. The summed E-state index contributed by atoms with van der Waals surface area (Å²) in [5, 5.41) is 12.0. The van der Waals surface area contributed by atoms with Crippen molar-refractivity contribution in [2.24, 2.45) is 0 Å². The maximum absolute atomic E-state index is 9.96. The smallest absolute Gasteiger partial charge is 0.0637 e. The first-order valence-corrected chi connectivity index (χ1v) is 8.00. The van der Waals surface area contributed by atoms with Gasteiger partial charge in [-0.1, -0.05) is 23.8 Å². The van der Waals surface area contributed by atoms with Crippen molar-refractivity contribution < 1.29 is 5.11 Å². The molecule has 96 valence electrons. The maximum Gasteiger partial charge on any atom is 0.0637 e. The normalized spacial score (nSPS) is 12.6. The van der Waals surface area contributed by atoms with Crippen LogP contribution in [0, 0.1) is 6.92 Å². The molecule has 2 aromatic rings. The van der Waals surface area contributed by atoms with Gasteiger partial charge in [-0.15, -0.1) is 23.1 Å². The van der Waals surface area contributed by atoms with Crippen molar-refractivity contribution in [3.63, 3.8) is 0 Å². The van der Waals surface area contributed by atoms with Crippen molar-refractivity contribution in [1.82, 2.24) is 0 Å². The minimum absolute atomic E-state index is 0.224. The molecule has 1 unspecified atom stereocenters. The molecular weight excluding hydrogens is 260 g/mol. The highest BCUT2D eigenvalue weighted by atomic mass is 32.2. The number of aryl methyl sites for hydroxylation is 2. The molecule has 0 saturated heterocycles. The molecule has 2 rings (SSSR count). The minimum Gasteiger partial charge on any atom is -0.392 e. The SMILES string of the molecule is Cc1cccc(SCC(O)CCc2cccs2)c1. The summed E-state index contributed by atoms with van der Waals surface area (Å²) in [6, 6.07) is 12.6. The highest BCUT2D eigenvalue weighted by Gasteiger charge is 2.06. The van der Waals surface area contributed by atoms with E-state index in [0.29, 0.717) is 0 Å². The van der Waals surface area contributed by atoms with Crippen molar-refractivity contribution in [3.8, 4) is 0 Å². The lowest BCUT2D eigenvalue weighted by molar-refractivity contribution is 0.190. The van der Waals surface area contributed by atoms with Crippen molar-refractivity contribution in [1.29, 1.82) is 0 Å². The van der Waals surface area contributed by atoms with Gasteiger partial charge in [0.05, 0.1) is 6.10 Å². The second-order valence-electron chi connectivity index (χ2n) is 4.40. The molecule has 1 heterocycles. The molecule has 18 heavy (non-hydrogen) atoms. The van der Waals surface area contributed by atoms with E-state index >= 15 is 0 Å². The number of benzene rings is 1. The molecule has 3 heteroatoms. The summed E-state index contributed by atoms with van der Waals surface area (Å²) in [6.45, 7) is 2.09. The van der Waals surface area contributed by atoms with Gasteiger partial charge in [-0.2, -0.15) is 0 Å². The van der Waals surface area contributed by atoms with E-state index in [4.69, 9.17) is 0 Å². The van der Waals surface area contributed by atoms with Crippen LogP contribution in [0.15, 0.2) is 46.7 Å². The van der Waals surface area contributed by atoms with Crippen LogP contribution >= 0.6 is 23.1 Å². The van der Waals surface area contributed by atoms with E-state index in [1.54, 1.807) is 23.1 Å². The Labute approximate surface area is 117 Å². The summed E-state index contributed by atoms with van der Waals surface area (Å²) in [7, 11) is 0. The average molecular weight is 278 g/mol. The standard InChI is InChI=1S/C15H18OS2/c1-12-4-2-5-15(10-12)18-11-13(16)7-8-14-6-3-9-17-14/h2-6,9-10,13,16H,7-8,11H2,1H3. The fourth-order valence-corrected chi connectivity index (χ4v) is 3.46. The third-order valence-electron chi connectivity index (χ3n) is 2.74. The van der Waals surface area contributed by atoms with E-state index in [1.807, 2.05) is 0 Å². The first kappa shape index (κ1) is 13.7. The van der Waals surface area contributed by atoms with Gasteiger partial charge in [0.1, 0.15) is 0 Å². The number of aliphatic hydroxyl groups is 1. The molecule has 0 spiro atoms. The fraction of sp³-hybridized carbons (Fsp3) is 0.333. The summed E-state index contributed by atoms with van der Waals surface area (Å²) in [6.07, 6.45) is 1.60. The van der Waals surface area contributed by atoms with E-state index < -0.39 is 0 Å². The van der Waals surface area contributed by atoms with Crippen LogP contribution in [0.1, 0.15) is 16.9 Å². The molecule has 1 aromatic carbocycles. The van der Waals surface area contributed by atoms with Crippen LogP contribution in [0.2, 0.25) is 0 Å². The van der Waals surface area contributed by atoms with Crippen LogP contribution in [0.25, 0.3) is 0 Å². The van der Waals surface area contributed by atoms with Crippen molar-refractivity contribution in [3.05, 3.63) is 52.2 Å². The first-order chi connectivity index (χ1) is 8.74. The van der Waals surface area contributed by atoms with E-state index in [-0.39, 0.29) is 6.10 Å². The Morgan fingerprint density at radius 3 is 2.89 bits per heavy atom. The topological polar surface area (TPSA) is 20.2 Å². The van der Waals surface area contributed by atoms with Crippen LogP contribution in [0.4, 0.5) is 0 Å². The van der Waals surface area contributed by atoms with Gasteiger partial charge in [0, 0.05) is 15.5 Å². The summed E-state index contributed by atoms with van der Waals surface area (Å²) >= 11 is 3.50. The molecular formula is C15H18OS2. The van der Waals surface area contributed by atoms with Gasteiger partial charge >= 0.3 is 0 Å². The first-order valence-electron chi connectivity index (χ1n) is 6.14. The van der Waals surface area contributed by atoms with Gasteiger partial charge in [0.2, 0.25) is 0 Å². The van der Waals surface area contributed by atoms with Gasteiger partial charge in [0.25, 0.3) is 0 Å². The molecule has 0 amide bonds. The molecule has 1 aromatic heterocycles. The molecule has 1 N–H and O–H groups in total. The summed E-state index contributed by atoms with van der Waals surface area (Å²) in [4.78, 5) is 2.60. The Kier molecular flexibility index (Phi) is 5.29. The third-order valence-corrected chi connectivity index (χ3v) is 4.81. The number of thiophene rings is 1. The molecule has 1 atom stereocenters. The van der Waals surface area contributed by atoms with Gasteiger partial charge in [-0.05, 0) is 43.3 Å². The van der Waals surface area contributed by atoms with E-state index in [1.165, 1.54) is 15.3 Å². The van der Waals surface area contributed by atoms with Gasteiger partial charge < -0.3 is 5.11 Å². The molecule has 0 bridgehead atoms. The third kappa shape index (κ3) is 4.48. The van der Waals surface area contributed by atoms with Crippen LogP contribution in [0.5, 0.6) is 0 Å². The Hall–Kier alpha value is -0.770. The zero-order valence-corrected chi connectivity index (χ0v) is 12.1. The second-order valence-corrected chi connectivity index (χ2v) is 6.53. The Balaban J connectivity index is 1.73. The molecule has 0 aliphatic heterocycles. The lowest BCUT2D eigenvalue weighted by Gasteiger charge is -2.09.